The van der Waals surface area contributed by atoms with E-state index in [0.717, 1.165) is 57.7 Å². The van der Waals surface area contributed by atoms with E-state index in [1.54, 1.807) is 28.9 Å². The molecule has 8 heteroatoms. The fraction of sp³-hybridized carbons (Fsp3) is 0.458. The maximum Gasteiger partial charge on any atom is 0.255 e. The van der Waals surface area contributed by atoms with Gasteiger partial charge in [0.25, 0.3) is 5.91 Å². The maximum absolute atomic E-state index is 13.2. The highest BCUT2D eigenvalue weighted by Gasteiger charge is 2.43. The lowest BCUT2D eigenvalue weighted by atomic mass is 9.88. The number of aryl methyl sites for hydroxylation is 2. The number of piperidine rings is 1. The molecule has 5 rings (SSSR count). The van der Waals surface area contributed by atoms with Crippen LogP contribution < -0.4 is 0 Å². The fourth-order valence-corrected chi connectivity index (χ4v) is 6.90. The second-order valence-corrected chi connectivity index (χ2v) is 10.9. The van der Waals surface area contributed by atoms with Crippen molar-refractivity contribution >= 4 is 28.6 Å². The number of pyridine rings is 1. The highest BCUT2D eigenvalue weighted by atomic mass is 32.1. The van der Waals surface area contributed by atoms with Crippen molar-refractivity contribution in [3.05, 3.63) is 50.7 Å². The average molecular weight is 464 g/mol. The number of amides is 1. The van der Waals surface area contributed by atoms with E-state index in [4.69, 9.17) is 10.2 Å². The largest absolute Gasteiger partial charge is 0.333 e. The van der Waals surface area contributed by atoms with Gasteiger partial charge in [-0.3, -0.25) is 9.78 Å². The normalized spacial score (nSPS) is 22.2. The van der Waals surface area contributed by atoms with Crippen molar-refractivity contribution in [2.24, 2.45) is 5.92 Å². The second-order valence-electron chi connectivity index (χ2n) is 8.79. The van der Waals surface area contributed by atoms with Crippen LogP contribution in [0.25, 0.3) is 10.6 Å². The van der Waals surface area contributed by atoms with Crippen LogP contribution in [0.2, 0.25) is 0 Å². The van der Waals surface area contributed by atoms with Gasteiger partial charge in [-0.2, -0.15) is 5.26 Å². The smallest absolute Gasteiger partial charge is 0.255 e. The van der Waals surface area contributed by atoms with Crippen LogP contribution >= 0.6 is 22.7 Å². The molecule has 0 radical (unpaired) electrons. The van der Waals surface area contributed by atoms with Crippen LogP contribution in [-0.2, 0) is 6.42 Å². The van der Waals surface area contributed by atoms with Gasteiger partial charge in [0.05, 0.1) is 37.9 Å². The van der Waals surface area contributed by atoms with Crippen molar-refractivity contribution in [1.82, 2.24) is 19.9 Å². The third-order valence-corrected chi connectivity index (χ3v) is 8.48. The third kappa shape index (κ3) is 4.07. The summed E-state index contributed by atoms with van der Waals surface area (Å²) in [5.74, 6) is 0.516. The van der Waals surface area contributed by atoms with Crippen LogP contribution in [0.15, 0.2) is 23.7 Å². The summed E-state index contributed by atoms with van der Waals surface area (Å²) in [6.45, 7) is 4.04. The van der Waals surface area contributed by atoms with Gasteiger partial charge in [0.15, 0.2) is 0 Å². The molecule has 6 nitrogen and oxygen atoms in total. The van der Waals surface area contributed by atoms with E-state index in [9.17, 15) is 4.79 Å². The first-order valence-corrected chi connectivity index (χ1v) is 12.7. The number of carbonyl (C=O) groups is 1. The molecule has 0 aromatic carbocycles. The molecule has 0 N–H and O–H groups in total. The van der Waals surface area contributed by atoms with Crippen LogP contribution in [0.4, 0.5) is 0 Å². The summed E-state index contributed by atoms with van der Waals surface area (Å²) < 4.78 is 0. The number of hydrogen-bond acceptors (Lipinski definition) is 7. The molecule has 164 valence electrons. The summed E-state index contributed by atoms with van der Waals surface area (Å²) in [5, 5.41) is 13.2. The summed E-state index contributed by atoms with van der Waals surface area (Å²) in [6.07, 6.45) is 6.97. The summed E-state index contributed by atoms with van der Waals surface area (Å²) in [6, 6.07) is 6.69. The van der Waals surface area contributed by atoms with Crippen molar-refractivity contribution in [2.75, 3.05) is 0 Å². The van der Waals surface area contributed by atoms with Gasteiger partial charge in [-0.15, -0.1) is 22.7 Å². The van der Waals surface area contributed by atoms with Crippen LogP contribution in [-0.4, -0.2) is 37.8 Å². The predicted molar refractivity (Wildman–Crippen MR) is 126 cm³/mol. The topological polar surface area (TPSA) is 82.8 Å². The van der Waals surface area contributed by atoms with Crippen LogP contribution in [0, 0.1) is 31.1 Å². The Labute approximate surface area is 196 Å². The lowest BCUT2D eigenvalue weighted by molar-refractivity contribution is 0.0527. The summed E-state index contributed by atoms with van der Waals surface area (Å²) in [5.41, 5.74) is 3.57. The van der Waals surface area contributed by atoms with E-state index >= 15 is 0 Å². The average Bonchev–Trinajstić information content (AvgIpc) is 3.44. The monoisotopic (exact) mass is 463 g/mol. The standard InChI is InChI=1S/C24H25N5OS2/c1-14-23(32-15(2)27-14)21-13-31-22(28-21)11-18-4-3-17(12-26-18)24(30)29-19-5-6-20(29)10-16(9-19)7-8-25/h3-4,12-13,16,19-20H,5-7,9-11H2,1-2H3/t16?,19-,20+. The SMILES string of the molecule is Cc1nc(C)c(-c2csc(Cc3ccc(C(=O)N4[C@@H]5CC[C@H]4CC(CC#N)C5)cn3)n2)s1. The molecular weight excluding hydrogens is 438 g/mol. The number of nitrogens with zero attached hydrogens (tertiary/aromatic N) is 5. The third-order valence-electron chi connectivity index (χ3n) is 6.54. The van der Waals surface area contributed by atoms with E-state index in [1.807, 2.05) is 26.0 Å². The molecule has 0 saturated carbocycles. The Morgan fingerprint density at radius 2 is 2.00 bits per heavy atom. The van der Waals surface area contributed by atoms with Gasteiger partial charge < -0.3 is 4.90 Å². The first-order chi connectivity index (χ1) is 15.5. The zero-order valence-electron chi connectivity index (χ0n) is 18.2. The van der Waals surface area contributed by atoms with Crippen molar-refractivity contribution in [3.63, 3.8) is 0 Å². The van der Waals surface area contributed by atoms with Crippen molar-refractivity contribution in [2.45, 2.75) is 64.5 Å². The van der Waals surface area contributed by atoms with Gasteiger partial charge >= 0.3 is 0 Å². The lowest BCUT2D eigenvalue weighted by Gasteiger charge is -2.38. The summed E-state index contributed by atoms with van der Waals surface area (Å²) >= 11 is 3.31. The molecule has 32 heavy (non-hydrogen) atoms. The van der Waals surface area contributed by atoms with Gasteiger partial charge in [0.2, 0.25) is 0 Å². The number of thiazole rings is 2. The summed E-state index contributed by atoms with van der Waals surface area (Å²) in [7, 11) is 0. The van der Waals surface area contributed by atoms with Gasteiger partial charge in [0, 0.05) is 42.2 Å². The van der Waals surface area contributed by atoms with Crippen LogP contribution in [0.3, 0.4) is 0 Å². The van der Waals surface area contributed by atoms with Crippen molar-refractivity contribution < 1.29 is 4.79 Å². The first kappa shape index (κ1) is 21.2. The van der Waals surface area contributed by atoms with E-state index < -0.39 is 0 Å². The van der Waals surface area contributed by atoms with E-state index in [1.165, 1.54) is 0 Å². The zero-order chi connectivity index (χ0) is 22.2. The Hall–Kier alpha value is -2.63. The molecule has 1 amide bonds. The lowest BCUT2D eigenvalue weighted by Crippen LogP contribution is -2.46. The van der Waals surface area contributed by atoms with Crippen molar-refractivity contribution in [3.8, 4) is 16.6 Å². The van der Waals surface area contributed by atoms with Crippen molar-refractivity contribution in [1.29, 1.82) is 5.26 Å². The molecule has 5 heterocycles. The number of fused-ring (bicyclic) bond motifs is 2. The van der Waals surface area contributed by atoms with E-state index in [0.29, 0.717) is 24.3 Å². The Balaban J connectivity index is 1.26. The number of aromatic nitrogens is 3. The molecule has 2 bridgehead atoms. The number of carbonyl (C=O) groups excluding carboxylic acids is 1. The molecule has 2 aliphatic heterocycles. The quantitative estimate of drug-likeness (QED) is 0.521. The molecule has 3 aromatic rings. The Bertz CT molecular complexity index is 1160. The number of hydrogen-bond donors (Lipinski definition) is 0. The van der Waals surface area contributed by atoms with Gasteiger partial charge in [-0.1, -0.05) is 0 Å². The summed E-state index contributed by atoms with van der Waals surface area (Å²) in [4.78, 5) is 30.2. The van der Waals surface area contributed by atoms with Gasteiger partial charge in [-0.25, -0.2) is 9.97 Å². The molecule has 2 aliphatic rings. The Morgan fingerprint density at radius 1 is 1.22 bits per heavy atom. The molecule has 3 aromatic heterocycles. The first-order valence-electron chi connectivity index (χ1n) is 11.0. The van der Waals surface area contributed by atoms with Gasteiger partial charge in [0.1, 0.15) is 0 Å². The van der Waals surface area contributed by atoms with E-state index in [2.05, 4.69) is 26.3 Å². The minimum Gasteiger partial charge on any atom is -0.333 e. The molecule has 0 aliphatic carbocycles. The van der Waals surface area contributed by atoms with Gasteiger partial charge in [-0.05, 0) is 57.6 Å². The maximum atomic E-state index is 13.2. The molecule has 2 saturated heterocycles. The number of nitriles is 1. The van der Waals surface area contributed by atoms with E-state index in [-0.39, 0.29) is 18.0 Å². The minimum absolute atomic E-state index is 0.0829. The predicted octanol–water partition coefficient (Wildman–Crippen LogP) is 5.17. The molecule has 3 atom stereocenters. The Kier molecular flexibility index (Phi) is 5.78. The number of rotatable bonds is 5. The molecule has 2 fully saturated rings. The van der Waals surface area contributed by atoms with Crippen LogP contribution in [0.5, 0.6) is 0 Å². The second kappa shape index (κ2) is 8.72. The fourth-order valence-electron chi connectivity index (χ4n) is 5.14. The van der Waals surface area contributed by atoms with Crippen LogP contribution in [0.1, 0.15) is 63.9 Å². The molecular formula is C24H25N5OS2. The molecule has 0 spiro atoms. The zero-order valence-corrected chi connectivity index (χ0v) is 19.9. The Morgan fingerprint density at radius 3 is 2.62 bits per heavy atom. The highest BCUT2D eigenvalue weighted by Crippen LogP contribution is 2.40. The highest BCUT2D eigenvalue weighted by molar-refractivity contribution is 7.15. The minimum atomic E-state index is 0.0829. The molecule has 1 unspecified atom stereocenters.